The third kappa shape index (κ3) is 5.93. The number of aryl methyl sites for hydroxylation is 1. The summed E-state index contributed by atoms with van der Waals surface area (Å²) in [7, 11) is 0. The molecule has 124 valence electrons. The third-order valence-corrected chi connectivity index (χ3v) is 4.57. The molecule has 1 aliphatic carbocycles. The Balaban J connectivity index is 1.66. The van der Waals surface area contributed by atoms with Gasteiger partial charge in [0.05, 0.1) is 0 Å². The molecule has 0 atom stereocenters. The highest BCUT2D eigenvalue weighted by Crippen LogP contribution is 2.20. The Bertz CT molecular complexity index is 488. The second-order valence-corrected chi connectivity index (χ2v) is 8.26. The lowest BCUT2D eigenvalue weighted by Crippen LogP contribution is -2.43. The highest BCUT2D eigenvalue weighted by atomic mass is 32.1. The fourth-order valence-electron chi connectivity index (χ4n) is 2.63. The lowest BCUT2D eigenvalue weighted by molar-refractivity contribution is 0.0490. The zero-order valence-corrected chi connectivity index (χ0v) is 14.8. The van der Waals surface area contributed by atoms with Gasteiger partial charge in [0, 0.05) is 29.7 Å². The monoisotopic (exact) mass is 325 g/mol. The average Bonchev–Trinajstić information content (AvgIpc) is 2.81. The maximum absolute atomic E-state index is 11.8. The molecule has 2 N–H and O–H groups in total. The molecular formula is C16H27N3O2S. The Morgan fingerprint density at radius 3 is 2.50 bits per heavy atom. The van der Waals surface area contributed by atoms with Gasteiger partial charge in [-0.15, -0.1) is 11.3 Å². The smallest absolute Gasteiger partial charge is 0.407 e. The van der Waals surface area contributed by atoms with Crippen molar-refractivity contribution in [2.24, 2.45) is 0 Å². The first-order chi connectivity index (χ1) is 10.3. The van der Waals surface area contributed by atoms with Gasteiger partial charge in [0.25, 0.3) is 0 Å². The van der Waals surface area contributed by atoms with E-state index in [4.69, 9.17) is 4.74 Å². The molecule has 2 rings (SSSR count). The molecule has 0 spiro atoms. The van der Waals surface area contributed by atoms with Crippen molar-refractivity contribution >= 4 is 17.4 Å². The number of hydrogen-bond donors (Lipinski definition) is 2. The van der Waals surface area contributed by atoms with E-state index in [0.717, 1.165) is 37.2 Å². The van der Waals surface area contributed by atoms with Crippen LogP contribution in [0.2, 0.25) is 0 Å². The van der Waals surface area contributed by atoms with E-state index in [1.165, 1.54) is 4.88 Å². The SMILES string of the molecule is Cc1cnc(CNC2CCC(NC(=O)OC(C)(C)C)CC2)s1. The van der Waals surface area contributed by atoms with E-state index >= 15 is 0 Å². The van der Waals surface area contributed by atoms with Crippen molar-refractivity contribution in [3.63, 3.8) is 0 Å². The van der Waals surface area contributed by atoms with Gasteiger partial charge in [-0.25, -0.2) is 9.78 Å². The number of alkyl carbamates (subject to hydrolysis) is 1. The first-order valence-electron chi connectivity index (χ1n) is 7.96. The van der Waals surface area contributed by atoms with Crippen LogP contribution >= 0.6 is 11.3 Å². The Hall–Kier alpha value is -1.14. The molecule has 0 saturated heterocycles. The normalized spacial score (nSPS) is 22.4. The molecule has 22 heavy (non-hydrogen) atoms. The first kappa shape index (κ1) is 17.2. The number of amides is 1. The lowest BCUT2D eigenvalue weighted by atomic mass is 9.91. The Morgan fingerprint density at radius 2 is 1.95 bits per heavy atom. The highest BCUT2D eigenvalue weighted by molar-refractivity contribution is 7.11. The van der Waals surface area contributed by atoms with E-state index in [9.17, 15) is 4.79 Å². The van der Waals surface area contributed by atoms with Crippen molar-refractivity contribution in [1.82, 2.24) is 15.6 Å². The van der Waals surface area contributed by atoms with Crippen molar-refractivity contribution < 1.29 is 9.53 Å². The second-order valence-electron chi connectivity index (χ2n) is 6.94. The van der Waals surface area contributed by atoms with Gasteiger partial charge in [-0.3, -0.25) is 0 Å². The number of ether oxygens (including phenoxy) is 1. The summed E-state index contributed by atoms with van der Waals surface area (Å²) >= 11 is 1.74. The van der Waals surface area contributed by atoms with Gasteiger partial charge in [0.2, 0.25) is 0 Å². The van der Waals surface area contributed by atoms with Gasteiger partial charge in [-0.1, -0.05) is 0 Å². The summed E-state index contributed by atoms with van der Waals surface area (Å²) < 4.78 is 5.30. The third-order valence-electron chi connectivity index (χ3n) is 3.66. The summed E-state index contributed by atoms with van der Waals surface area (Å²) in [4.78, 5) is 17.4. The van der Waals surface area contributed by atoms with Crippen LogP contribution in [0.5, 0.6) is 0 Å². The van der Waals surface area contributed by atoms with Crippen molar-refractivity contribution in [2.75, 3.05) is 0 Å². The molecule has 1 aliphatic rings. The minimum atomic E-state index is -0.436. The summed E-state index contributed by atoms with van der Waals surface area (Å²) in [5.41, 5.74) is -0.436. The largest absolute Gasteiger partial charge is 0.444 e. The molecule has 0 unspecified atom stereocenters. The molecule has 1 saturated carbocycles. The van der Waals surface area contributed by atoms with Crippen LogP contribution in [0, 0.1) is 6.92 Å². The quantitative estimate of drug-likeness (QED) is 0.891. The fraction of sp³-hybridized carbons (Fsp3) is 0.750. The molecule has 0 bridgehead atoms. The number of rotatable bonds is 4. The number of hydrogen-bond acceptors (Lipinski definition) is 5. The van der Waals surface area contributed by atoms with Crippen LogP contribution in [0.3, 0.4) is 0 Å². The predicted octanol–water partition coefficient (Wildman–Crippen LogP) is 3.38. The maximum atomic E-state index is 11.8. The van der Waals surface area contributed by atoms with Crippen LogP contribution in [0.15, 0.2) is 6.20 Å². The molecule has 5 nitrogen and oxygen atoms in total. The highest BCUT2D eigenvalue weighted by Gasteiger charge is 2.24. The Labute approximate surface area is 136 Å². The van der Waals surface area contributed by atoms with E-state index in [1.54, 1.807) is 11.3 Å². The van der Waals surface area contributed by atoms with E-state index in [1.807, 2.05) is 27.0 Å². The van der Waals surface area contributed by atoms with E-state index in [2.05, 4.69) is 22.5 Å². The van der Waals surface area contributed by atoms with Gasteiger partial charge in [0.1, 0.15) is 10.6 Å². The van der Waals surface area contributed by atoms with Gasteiger partial charge < -0.3 is 15.4 Å². The number of carbonyl (C=O) groups is 1. The van der Waals surface area contributed by atoms with Crippen LogP contribution in [-0.2, 0) is 11.3 Å². The van der Waals surface area contributed by atoms with Crippen molar-refractivity contribution in [2.45, 2.75) is 77.6 Å². The summed E-state index contributed by atoms with van der Waals surface area (Å²) in [6.07, 6.45) is 5.75. The standard InChI is InChI=1S/C16H27N3O2S/c1-11-9-18-14(22-11)10-17-12-5-7-13(8-6-12)19-15(20)21-16(2,3)4/h9,12-13,17H,5-8,10H2,1-4H3,(H,19,20). The van der Waals surface area contributed by atoms with Gasteiger partial charge in [-0.2, -0.15) is 0 Å². The molecular weight excluding hydrogens is 298 g/mol. The fourth-order valence-corrected chi connectivity index (χ4v) is 3.37. The Morgan fingerprint density at radius 1 is 1.32 bits per heavy atom. The molecule has 0 aliphatic heterocycles. The number of carbonyl (C=O) groups excluding carboxylic acids is 1. The predicted molar refractivity (Wildman–Crippen MR) is 89.1 cm³/mol. The molecule has 1 aromatic heterocycles. The van der Waals surface area contributed by atoms with E-state index < -0.39 is 5.60 Å². The minimum absolute atomic E-state index is 0.231. The van der Waals surface area contributed by atoms with Crippen molar-refractivity contribution in [3.8, 4) is 0 Å². The van der Waals surface area contributed by atoms with Crippen LogP contribution in [0.25, 0.3) is 0 Å². The number of thiazole rings is 1. The maximum Gasteiger partial charge on any atom is 0.407 e. The lowest BCUT2D eigenvalue weighted by Gasteiger charge is -2.30. The molecule has 0 radical (unpaired) electrons. The number of nitrogens with one attached hydrogen (secondary N) is 2. The molecule has 1 amide bonds. The summed E-state index contributed by atoms with van der Waals surface area (Å²) in [6, 6.07) is 0.746. The first-order valence-corrected chi connectivity index (χ1v) is 8.78. The van der Waals surface area contributed by atoms with Gasteiger partial charge >= 0.3 is 6.09 Å². The minimum Gasteiger partial charge on any atom is -0.444 e. The van der Waals surface area contributed by atoms with Gasteiger partial charge in [0.15, 0.2) is 0 Å². The summed E-state index contributed by atoms with van der Waals surface area (Å²) in [6.45, 7) is 8.57. The van der Waals surface area contributed by atoms with Gasteiger partial charge in [-0.05, 0) is 53.4 Å². The molecule has 1 fully saturated rings. The topological polar surface area (TPSA) is 63.2 Å². The molecule has 0 aromatic carbocycles. The summed E-state index contributed by atoms with van der Waals surface area (Å²) in [5, 5.41) is 7.69. The molecule has 1 aromatic rings. The second kappa shape index (κ2) is 7.42. The van der Waals surface area contributed by atoms with Crippen LogP contribution in [-0.4, -0.2) is 28.8 Å². The Kier molecular flexibility index (Phi) is 5.81. The zero-order valence-electron chi connectivity index (χ0n) is 13.9. The van der Waals surface area contributed by atoms with Crippen molar-refractivity contribution in [3.05, 3.63) is 16.1 Å². The van der Waals surface area contributed by atoms with Crippen LogP contribution in [0.4, 0.5) is 4.79 Å². The van der Waals surface area contributed by atoms with Crippen LogP contribution in [0.1, 0.15) is 56.3 Å². The molecule has 6 heteroatoms. The van der Waals surface area contributed by atoms with Crippen LogP contribution < -0.4 is 10.6 Å². The van der Waals surface area contributed by atoms with E-state index in [-0.39, 0.29) is 12.1 Å². The molecule has 1 heterocycles. The number of aromatic nitrogens is 1. The summed E-state index contributed by atoms with van der Waals surface area (Å²) in [5.74, 6) is 0. The average molecular weight is 325 g/mol. The van der Waals surface area contributed by atoms with E-state index in [0.29, 0.717) is 6.04 Å². The van der Waals surface area contributed by atoms with Crippen molar-refractivity contribution in [1.29, 1.82) is 0 Å². The number of nitrogens with zero attached hydrogens (tertiary/aromatic N) is 1. The zero-order chi connectivity index (χ0) is 16.2.